The number of carbonyl (C=O) groups excluding carboxylic acids is 1. The molecule has 1 saturated heterocycles. The van der Waals surface area contributed by atoms with Crippen molar-refractivity contribution in [3.8, 4) is 0 Å². The molecule has 1 fully saturated rings. The van der Waals surface area contributed by atoms with Gasteiger partial charge in [-0.2, -0.15) is 5.10 Å². The molecule has 1 aliphatic heterocycles. The largest absolute Gasteiger partial charge is 0.372 e. The number of anilines is 2. The third kappa shape index (κ3) is 4.35. The van der Waals surface area contributed by atoms with Crippen molar-refractivity contribution < 1.29 is 4.79 Å². The molecular formula is C19H22N4O. The van der Waals surface area contributed by atoms with Gasteiger partial charge in [0.05, 0.1) is 6.21 Å². The lowest BCUT2D eigenvalue weighted by Gasteiger charge is -2.17. The van der Waals surface area contributed by atoms with E-state index in [4.69, 9.17) is 0 Å². The van der Waals surface area contributed by atoms with Crippen LogP contribution in [-0.4, -0.2) is 25.3 Å². The summed E-state index contributed by atoms with van der Waals surface area (Å²) in [5, 5.41) is 6.73. The first-order valence-electron chi connectivity index (χ1n) is 8.22. The molecule has 0 aliphatic carbocycles. The van der Waals surface area contributed by atoms with E-state index in [9.17, 15) is 4.79 Å². The predicted octanol–water partition coefficient (Wildman–Crippen LogP) is 3.75. The van der Waals surface area contributed by atoms with Crippen LogP contribution >= 0.6 is 0 Å². The molecule has 2 aromatic rings. The molecule has 2 aromatic carbocycles. The lowest BCUT2D eigenvalue weighted by molar-refractivity contribution is 0.252. The summed E-state index contributed by atoms with van der Waals surface area (Å²) in [6.07, 6.45) is 4.18. The highest BCUT2D eigenvalue weighted by Crippen LogP contribution is 2.19. The van der Waals surface area contributed by atoms with Crippen LogP contribution in [0, 0.1) is 6.92 Å². The number of nitrogens with one attached hydrogen (secondary N) is 2. The number of amides is 2. The molecule has 1 aliphatic rings. The van der Waals surface area contributed by atoms with Gasteiger partial charge < -0.3 is 10.2 Å². The fourth-order valence-electron chi connectivity index (χ4n) is 2.79. The molecule has 0 bridgehead atoms. The fraction of sp³-hybridized carbons (Fsp3) is 0.263. The molecule has 24 heavy (non-hydrogen) atoms. The number of hydrogen-bond acceptors (Lipinski definition) is 3. The Labute approximate surface area is 142 Å². The van der Waals surface area contributed by atoms with Crippen LogP contribution in [0.25, 0.3) is 0 Å². The molecule has 0 saturated carbocycles. The second-order valence-electron chi connectivity index (χ2n) is 5.98. The first kappa shape index (κ1) is 16.1. The normalized spacial score (nSPS) is 14.1. The van der Waals surface area contributed by atoms with Gasteiger partial charge in [-0.25, -0.2) is 10.2 Å². The molecule has 1 heterocycles. The molecule has 5 nitrogen and oxygen atoms in total. The summed E-state index contributed by atoms with van der Waals surface area (Å²) in [5.74, 6) is 0. The van der Waals surface area contributed by atoms with Gasteiger partial charge in [0.15, 0.2) is 0 Å². The summed E-state index contributed by atoms with van der Waals surface area (Å²) in [7, 11) is 0. The van der Waals surface area contributed by atoms with Crippen molar-refractivity contribution in [2.45, 2.75) is 19.8 Å². The zero-order chi connectivity index (χ0) is 16.8. The lowest BCUT2D eigenvalue weighted by Crippen LogP contribution is -2.24. The Hall–Kier alpha value is -2.82. The Balaban J connectivity index is 1.51. The van der Waals surface area contributed by atoms with Gasteiger partial charge in [0.1, 0.15) is 0 Å². The predicted molar refractivity (Wildman–Crippen MR) is 98.8 cm³/mol. The average Bonchev–Trinajstić information content (AvgIpc) is 3.10. The smallest absolute Gasteiger partial charge is 0.339 e. The van der Waals surface area contributed by atoms with Crippen molar-refractivity contribution in [2.75, 3.05) is 23.3 Å². The van der Waals surface area contributed by atoms with E-state index in [1.54, 1.807) is 6.21 Å². The van der Waals surface area contributed by atoms with Crippen LogP contribution in [0.4, 0.5) is 16.2 Å². The number of benzene rings is 2. The summed E-state index contributed by atoms with van der Waals surface area (Å²) in [6, 6.07) is 15.5. The van der Waals surface area contributed by atoms with Crippen LogP contribution < -0.4 is 15.6 Å². The van der Waals surface area contributed by atoms with Gasteiger partial charge in [0.2, 0.25) is 0 Å². The maximum atomic E-state index is 11.8. The Morgan fingerprint density at radius 3 is 2.58 bits per heavy atom. The Morgan fingerprint density at radius 2 is 1.88 bits per heavy atom. The number of rotatable bonds is 4. The highest BCUT2D eigenvalue weighted by atomic mass is 16.2. The molecule has 0 unspecified atom stereocenters. The topological polar surface area (TPSA) is 56.7 Å². The third-order valence-corrected chi connectivity index (χ3v) is 4.02. The second-order valence-corrected chi connectivity index (χ2v) is 5.98. The number of aryl methyl sites for hydroxylation is 1. The van der Waals surface area contributed by atoms with Crippen LogP contribution in [0.1, 0.15) is 24.0 Å². The number of hydrazone groups is 1. The maximum Gasteiger partial charge on any atom is 0.339 e. The summed E-state index contributed by atoms with van der Waals surface area (Å²) in [4.78, 5) is 14.2. The molecule has 0 radical (unpaired) electrons. The van der Waals surface area contributed by atoms with Crippen molar-refractivity contribution in [3.05, 3.63) is 59.7 Å². The second kappa shape index (κ2) is 7.64. The van der Waals surface area contributed by atoms with E-state index in [-0.39, 0.29) is 6.03 Å². The highest BCUT2D eigenvalue weighted by molar-refractivity contribution is 5.90. The monoisotopic (exact) mass is 322 g/mol. The number of carbonyl (C=O) groups is 1. The minimum Gasteiger partial charge on any atom is -0.372 e. The van der Waals surface area contributed by atoms with E-state index < -0.39 is 0 Å². The van der Waals surface area contributed by atoms with Crippen molar-refractivity contribution in [2.24, 2.45) is 5.10 Å². The highest BCUT2D eigenvalue weighted by Gasteiger charge is 2.11. The van der Waals surface area contributed by atoms with Gasteiger partial charge >= 0.3 is 6.03 Å². The molecule has 2 N–H and O–H groups in total. The minimum atomic E-state index is -0.356. The zero-order valence-corrected chi connectivity index (χ0v) is 13.8. The first-order chi connectivity index (χ1) is 11.7. The molecule has 3 rings (SSSR count). The van der Waals surface area contributed by atoms with Gasteiger partial charge in [-0.15, -0.1) is 0 Å². The molecule has 124 valence electrons. The van der Waals surface area contributed by atoms with Crippen LogP contribution in [0.5, 0.6) is 0 Å². The quantitative estimate of drug-likeness (QED) is 0.665. The number of urea groups is 1. The van der Waals surface area contributed by atoms with Gasteiger partial charge in [0.25, 0.3) is 0 Å². The van der Waals surface area contributed by atoms with Gasteiger partial charge in [0, 0.05) is 24.5 Å². The summed E-state index contributed by atoms with van der Waals surface area (Å²) >= 11 is 0. The summed E-state index contributed by atoms with van der Waals surface area (Å²) < 4.78 is 0. The Morgan fingerprint density at radius 1 is 1.12 bits per heavy atom. The fourth-order valence-corrected chi connectivity index (χ4v) is 2.79. The van der Waals surface area contributed by atoms with Crippen LogP contribution in [0.2, 0.25) is 0 Å². The molecule has 0 atom stereocenters. The van der Waals surface area contributed by atoms with Crippen molar-refractivity contribution in [3.63, 3.8) is 0 Å². The summed E-state index contributed by atoms with van der Waals surface area (Å²) in [6.45, 7) is 4.25. The van der Waals surface area contributed by atoms with E-state index in [0.29, 0.717) is 0 Å². The van der Waals surface area contributed by atoms with E-state index in [2.05, 4.69) is 32.9 Å². The molecular weight excluding hydrogens is 300 g/mol. The van der Waals surface area contributed by atoms with Crippen molar-refractivity contribution in [1.82, 2.24) is 5.43 Å². The maximum absolute atomic E-state index is 11.8. The molecule has 0 spiro atoms. The van der Waals surface area contributed by atoms with Crippen LogP contribution in [0.15, 0.2) is 53.6 Å². The van der Waals surface area contributed by atoms with Crippen LogP contribution in [0.3, 0.4) is 0 Å². The standard InChI is InChI=1S/C19H22N4O/c1-15-5-4-6-17(13-15)21-19(24)22-20-14-16-7-9-18(10-8-16)23-11-2-3-12-23/h4-10,13-14H,2-3,11-12H2,1H3,(H2,21,22,24)/b20-14-. The summed E-state index contributed by atoms with van der Waals surface area (Å²) in [5.41, 5.74) is 6.52. The van der Waals surface area contributed by atoms with E-state index in [0.717, 1.165) is 29.9 Å². The van der Waals surface area contributed by atoms with Gasteiger partial charge in [-0.3, -0.25) is 0 Å². The average molecular weight is 322 g/mol. The van der Waals surface area contributed by atoms with Crippen LogP contribution in [-0.2, 0) is 0 Å². The number of hydrogen-bond donors (Lipinski definition) is 2. The lowest BCUT2D eigenvalue weighted by atomic mass is 10.2. The molecule has 0 aromatic heterocycles. The van der Waals surface area contributed by atoms with Gasteiger partial charge in [-0.05, 0) is 55.2 Å². The van der Waals surface area contributed by atoms with E-state index >= 15 is 0 Å². The molecule has 5 heteroatoms. The van der Waals surface area contributed by atoms with Crippen molar-refractivity contribution in [1.29, 1.82) is 0 Å². The van der Waals surface area contributed by atoms with Crippen molar-refractivity contribution >= 4 is 23.6 Å². The third-order valence-electron chi connectivity index (χ3n) is 4.02. The minimum absolute atomic E-state index is 0.356. The SMILES string of the molecule is Cc1cccc(NC(=O)N/N=C\c2ccc(N3CCCC3)cc2)c1. The molecule has 2 amide bonds. The first-order valence-corrected chi connectivity index (χ1v) is 8.22. The van der Waals surface area contributed by atoms with E-state index in [1.807, 2.05) is 43.3 Å². The Kier molecular flexibility index (Phi) is 5.11. The zero-order valence-electron chi connectivity index (χ0n) is 13.8. The Bertz CT molecular complexity index is 718. The van der Waals surface area contributed by atoms with E-state index in [1.165, 1.54) is 18.5 Å². The van der Waals surface area contributed by atoms with Gasteiger partial charge in [-0.1, -0.05) is 24.3 Å². The number of nitrogens with zero attached hydrogens (tertiary/aromatic N) is 2.